The van der Waals surface area contributed by atoms with Gasteiger partial charge in [0, 0.05) is 38.1 Å². The highest BCUT2D eigenvalue weighted by atomic mass is 32.1. The van der Waals surface area contributed by atoms with Crippen LogP contribution in [0.25, 0.3) is 54.2 Å². The Morgan fingerprint density at radius 1 is 0.625 bits per heavy atom. The Bertz CT molecular complexity index is 1970. The van der Waals surface area contributed by atoms with Crippen molar-refractivity contribution in [3.8, 4) is 54.6 Å². The Morgan fingerprint density at radius 3 is 1.96 bits per heavy atom. The van der Waals surface area contributed by atoms with E-state index >= 15 is 8.78 Å². The first-order chi connectivity index (χ1) is 23.5. The van der Waals surface area contributed by atoms with Crippen molar-refractivity contribution in [3.63, 3.8) is 0 Å². The highest BCUT2D eigenvalue weighted by molar-refractivity contribution is 7.19. The Kier molecular flexibility index (Phi) is 11.1. The van der Waals surface area contributed by atoms with E-state index in [9.17, 15) is 0 Å². The first kappa shape index (κ1) is 33.7. The molecule has 1 unspecified atom stereocenters. The molecule has 6 aromatic rings. The summed E-state index contributed by atoms with van der Waals surface area (Å²) < 4.78 is 51.9. The molecule has 0 saturated heterocycles. The predicted octanol–water partition coefficient (Wildman–Crippen LogP) is 12.5. The van der Waals surface area contributed by atoms with Gasteiger partial charge in [-0.25, -0.2) is 8.78 Å². The van der Waals surface area contributed by atoms with Crippen LogP contribution in [0.3, 0.4) is 0 Å². The molecule has 2 heterocycles. The number of unbranched alkanes of at least 4 members (excludes halogenated alkanes) is 2. The summed E-state index contributed by atoms with van der Waals surface area (Å²) in [6.07, 6.45) is 6.60. The molecule has 2 aromatic heterocycles. The lowest BCUT2D eigenvalue weighted by Gasteiger charge is -2.16. The van der Waals surface area contributed by atoms with Crippen LogP contribution >= 0.6 is 23.1 Å². The molecular formula is C40H40F2N2O2S2. The van der Waals surface area contributed by atoms with E-state index in [1.54, 1.807) is 18.2 Å². The normalized spacial score (nSPS) is 12.0. The Morgan fingerprint density at radius 2 is 1.25 bits per heavy atom. The van der Waals surface area contributed by atoms with Crippen LogP contribution in [0.1, 0.15) is 59.3 Å². The van der Waals surface area contributed by atoms with Gasteiger partial charge in [-0.05, 0) is 72.4 Å². The molecular weight excluding hydrogens is 643 g/mol. The third-order valence-corrected chi connectivity index (χ3v) is 10.4. The van der Waals surface area contributed by atoms with Gasteiger partial charge in [-0.2, -0.15) is 8.75 Å². The van der Waals surface area contributed by atoms with Gasteiger partial charge >= 0.3 is 0 Å². The molecule has 0 bridgehead atoms. The molecule has 0 amide bonds. The van der Waals surface area contributed by atoms with Crippen LogP contribution < -0.4 is 9.47 Å². The Balaban J connectivity index is 1.20. The van der Waals surface area contributed by atoms with Crippen molar-refractivity contribution in [2.24, 2.45) is 5.92 Å². The van der Waals surface area contributed by atoms with Crippen LogP contribution in [0.15, 0.2) is 84.9 Å². The summed E-state index contributed by atoms with van der Waals surface area (Å²) in [7, 11) is 0. The molecule has 0 radical (unpaired) electrons. The van der Waals surface area contributed by atoms with Crippen molar-refractivity contribution in [2.75, 3.05) is 13.2 Å². The SMILES string of the molecule is CCCCOc1ccc(-c2ccc(-c3ccc(-c4ccc(-c5ccc(OCC(CC)CCCC)cc5F)s4)c4nsnc34)c(F)c2)cc1. The number of halogens is 2. The van der Waals surface area contributed by atoms with Gasteiger partial charge in [-0.1, -0.05) is 82.9 Å². The van der Waals surface area contributed by atoms with Gasteiger partial charge in [0.05, 0.1) is 24.9 Å². The number of rotatable bonds is 15. The minimum absolute atomic E-state index is 0.312. The largest absolute Gasteiger partial charge is 0.494 e. The maximum absolute atomic E-state index is 15.7. The molecule has 248 valence electrons. The van der Waals surface area contributed by atoms with Crippen molar-refractivity contribution in [1.82, 2.24) is 8.75 Å². The van der Waals surface area contributed by atoms with Gasteiger partial charge in [0.25, 0.3) is 0 Å². The lowest BCUT2D eigenvalue weighted by molar-refractivity contribution is 0.232. The molecule has 1 atom stereocenters. The summed E-state index contributed by atoms with van der Waals surface area (Å²) in [6, 6.07) is 25.9. The number of hydrogen-bond acceptors (Lipinski definition) is 6. The fraction of sp³-hybridized carbons (Fsp3) is 0.300. The topological polar surface area (TPSA) is 44.2 Å². The van der Waals surface area contributed by atoms with Gasteiger partial charge in [-0.15, -0.1) is 11.3 Å². The molecule has 4 aromatic carbocycles. The van der Waals surface area contributed by atoms with E-state index in [-0.39, 0.29) is 11.6 Å². The summed E-state index contributed by atoms with van der Waals surface area (Å²) in [5.74, 6) is 1.20. The fourth-order valence-electron chi connectivity index (χ4n) is 5.80. The Hall–Kier alpha value is -4.14. The molecule has 0 aliphatic carbocycles. The van der Waals surface area contributed by atoms with Gasteiger partial charge in [0.15, 0.2) is 0 Å². The molecule has 48 heavy (non-hydrogen) atoms. The number of benzene rings is 4. The number of hydrogen-bond donors (Lipinski definition) is 0. The van der Waals surface area contributed by atoms with E-state index in [0.29, 0.717) is 52.6 Å². The van der Waals surface area contributed by atoms with Gasteiger partial charge in [0.1, 0.15) is 34.2 Å². The molecule has 0 N–H and O–H groups in total. The first-order valence-electron chi connectivity index (χ1n) is 16.8. The maximum atomic E-state index is 15.7. The lowest BCUT2D eigenvalue weighted by atomic mass is 9.97. The third kappa shape index (κ3) is 7.61. The van der Waals surface area contributed by atoms with Crippen LogP contribution in [0.4, 0.5) is 8.78 Å². The van der Waals surface area contributed by atoms with Gasteiger partial charge in [0.2, 0.25) is 0 Å². The Labute approximate surface area is 289 Å². The zero-order valence-electron chi connectivity index (χ0n) is 27.6. The minimum atomic E-state index is -0.328. The van der Waals surface area contributed by atoms with E-state index in [4.69, 9.17) is 9.47 Å². The van der Waals surface area contributed by atoms with Gasteiger partial charge < -0.3 is 9.47 Å². The lowest BCUT2D eigenvalue weighted by Crippen LogP contribution is -2.11. The quantitative estimate of drug-likeness (QED) is 0.101. The smallest absolute Gasteiger partial charge is 0.135 e. The zero-order valence-corrected chi connectivity index (χ0v) is 29.2. The molecule has 0 aliphatic rings. The standard InChI is InChI=1S/C40H40F2N2O2S2/c1-4-7-9-26(6-3)25-46-30-15-17-33(36(42)24-30)37-20-21-38(47-37)34-19-18-32(39-40(34)44-48-43-39)31-16-12-28(23-35(31)41)27-10-13-29(14-11-27)45-22-8-5-2/h10-21,23-24,26H,4-9,22,25H2,1-3H3. The maximum Gasteiger partial charge on any atom is 0.135 e. The summed E-state index contributed by atoms with van der Waals surface area (Å²) in [5.41, 5.74) is 5.61. The molecule has 6 rings (SSSR count). The number of ether oxygens (including phenoxy) is 2. The van der Waals surface area contributed by atoms with E-state index in [2.05, 4.69) is 29.5 Å². The second-order valence-corrected chi connectivity index (χ2v) is 13.7. The number of thiophene rings is 1. The summed E-state index contributed by atoms with van der Waals surface area (Å²) in [6.45, 7) is 7.78. The van der Waals surface area contributed by atoms with Crippen LogP contribution in [0.2, 0.25) is 0 Å². The second-order valence-electron chi connectivity index (χ2n) is 12.1. The van der Waals surface area contributed by atoms with E-state index in [0.717, 1.165) is 76.0 Å². The van der Waals surface area contributed by atoms with Crippen LogP contribution in [0.5, 0.6) is 11.5 Å². The highest BCUT2D eigenvalue weighted by Gasteiger charge is 2.19. The molecule has 4 nitrogen and oxygen atoms in total. The average Bonchev–Trinajstić information content (AvgIpc) is 3.80. The van der Waals surface area contributed by atoms with Crippen molar-refractivity contribution in [3.05, 3.63) is 96.6 Å². The van der Waals surface area contributed by atoms with Crippen molar-refractivity contribution < 1.29 is 18.3 Å². The van der Waals surface area contributed by atoms with Crippen LogP contribution in [-0.2, 0) is 0 Å². The average molecular weight is 683 g/mol. The zero-order chi connectivity index (χ0) is 33.5. The summed E-state index contributed by atoms with van der Waals surface area (Å²) in [4.78, 5) is 1.75. The van der Waals surface area contributed by atoms with Crippen molar-refractivity contribution >= 4 is 34.1 Å². The molecule has 0 saturated carbocycles. The first-order valence-corrected chi connectivity index (χ1v) is 18.3. The molecule has 8 heteroatoms. The summed E-state index contributed by atoms with van der Waals surface area (Å²) in [5, 5.41) is 0. The molecule has 0 spiro atoms. The second kappa shape index (κ2) is 15.8. The van der Waals surface area contributed by atoms with Crippen LogP contribution in [-0.4, -0.2) is 22.0 Å². The van der Waals surface area contributed by atoms with Crippen molar-refractivity contribution in [1.29, 1.82) is 0 Å². The van der Waals surface area contributed by atoms with Crippen molar-refractivity contribution in [2.45, 2.75) is 59.3 Å². The van der Waals surface area contributed by atoms with E-state index in [1.165, 1.54) is 23.8 Å². The fourth-order valence-corrected chi connectivity index (χ4v) is 7.43. The molecule has 0 aliphatic heterocycles. The number of nitrogens with zero attached hydrogens (tertiary/aromatic N) is 2. The van der Waals surface area contributed by atoms with Crippen LogP contribution in [0, 0.1) is 17.6 Å². The predicted molar refractivity (Wildman–Crippen MR) is 196 cm³/mol. The van der Waals surface area contributed by atoms with E-state index < -0.39 is 0 Å². The minimum Gasteiger partial charge on any atom is -0.494 e. The third-order valence-electron chi connectivity index (χ3n) is 8.74. The summed E-state index contributed by atoms with van der Waals surface area (Å²) >= 11 is 2.59. The monoisotopic (exact) mass is 682 g/mol. The number of aromatic nitrogens is 2. The van der Waals surface area contributed by atoms with E-state index in [1.807, 2.05) is 60.7 Å². The highest BCUT2D eigenvalue weighted by Crippen LogP contribution is 2.41. The van der Waals surface area contributed by atoms with Gasteiger partial charge in [-0.3, -0.25) is 0 Å². The molecule has 0 fully saturated rings. The number of fused-ring (bicyclic) bond motifs is 1.